The van der Waals surface area contributed by atoms with E-state index >= 15 is 0 Å². The molecule has 90 valence electrons. The van der Waals surface area contributed by atoms with Crippen LogP contribution in [0.3, 0.4) is 0 Å². The lowest BCUT2D eigenvalue weighted by Gasteiger charge is -2.10. The molecule has 2 rings (SSSR count). The van der Waals surface area contributed by atoms with Gasteiger partial charge in [-0.25, -0.2) is 9.69 Å². The Balaban J connectivity index is 1.78. The van der Waals surface area contributed by atoms with Gasteiger partial charge >= 0.3 is 6.09 Å². The summed E-state index contributed by atoms with van der Waals surface area (Å²) >= 11 is 1.33. The summed E-state index contributed by atoms with van der Waals surface area (Å²) in [7, 11) is 0. The van der Waals surface area contributed by atoms with Crippen LogP contribution < -0.4 is 5.32 Å². The maximum absolute atomic E-state index is 11.5. The minimum atomic E-state index is -0.652. The fraction of sp³-hybridized carbons (Fsp3) is 0.300. The van der Waals surface area contributed by atoms with E-state index in [-0.39, 0.29) is 31.5 Å². The lowest BCUT2D eigenvalue weighted by molar-refractivity contribution is -0.125. The van der Waals surface area contributed by atoms with E-state index in [2.05, 4.69) is 10.1 Å². The molecule has 0 radical (unpaired) electrons. The van der Waals surface area contributed by atoms with Gasteiger partial charge in [0.05, 0.1) is 4.88 Å². The van der Waals surface area contributed by atoms with Gasteiger partial charge in [-0.2, -0.15) is 0 Å². The van der Waals surface area contributed by atoms with Crippen LogP contribution >= 0.6 is 11.3 Å². The highest BCUT2D eigenvalue weighted by molar-refractivity contribution is 7.12. The molecule has 0 atom stereocenters. The second kappa shape index (κ2) is 4.96. The molecule has 1 N–H and O–H groups in total. The fourth-order valence-electron chi connectivity index (χ4n) is 1.37. The standard InChI is InChI=1S/C10H10N2O4S/c13-8-6-16-10(15)12(8)4-3-11-9(14)7-2-1-5-17-7/h1-2,5H,3-4,6H2,(H,11,14). The molecule has 0 saturated carbocycles. The van der Waals surface area contributed by atoms with Gasteiger partial charge in [0, 0.05) is 13.1 Å². The molecule has 1 aromatic heterocycles. The first-order valence-corrected chi connectivity index (χ1v) is 5.85. The van der Waals surface area contributed by atoms with Crippen LogP contribution in [-0.2, 0) is 9.53 Å². The smallest absolute Gasteiger partial charge is 0.417 e. The predicted molar refractivity (Wildman–Crippen MR) is 59.7 cm³/mol. The monoisotopic (exact) mass is 254 g/mol. The van der Waals surface area contributed by atoms with Crippen LogP contribution in [0, 0.1) is 0 Å². The SMILES string of the molecule is O=C(NCCN1C(=O)COC1=O)c1cccs1. The molecule has 0 bridgehead atoms. The number of hydrogen-bond donors (Lipinski definition) is 1. The van der Waals surface area contributed by atoms with Crippen LogP contribution in [0.5, 0.6) is 0 Å². The number of nitrogens with one attached hydrogen (secondary N) is 1. The van der Waals surface area contributed by atoms with Crippen LogP contribution in [0.1, 0.15) is 9.67 Å². The van der Waals surface area contributed by atoms with Crippen molar-refractivity contribution in [3.63, 3.8) is 0 Å². The first kappa shape index (κ1) is 11.6. The normalized spacial score (nSPS) is 14.9. The highest BCUT2D eigenvalue weighted by Gasteiger charge is 2.30. The zero-order chi connectivity index (χ0) is 12.3. The Morgan fingerprint density at radius 1 is 1.53 bits per heavy atom. The summed E-state index contributed by atoms with van der Waals surface area (Å²) in [5.74, 6) is -0.583. The van der Waals surface area contributed by atoms with Crippen molar-refractivity contribution < 1.29 is 19.1 Å². The Morgan fingerprint density at radius 3 is 2.94 bits per heavy atom. The van der Waals surface area contributed by atoms with Crippen molar-refractivity contribution in [3.05, 3.63) is 22.4 Å². The molecule has 2 heterocycles. The van der Waals surface area contributed by atoms with Crippen LogP contribution in [-0.4, -0.2) is 42.5 Å². The molecule has 1 aromatic rings. The van der Waals surface area contributed by atoms with Crippen molar-refractivity contribution in [2.24, 2.45) is 0 Å². The Labute approximate surface area is 101 Å². The molecule has 1 fully saturated rings. The highest BCUT2D eigenvalue weighted by atomic mass is 32.1. The molecule has 17 heavy (non-hydrogen) atoms. The number of rotatable bonds is 4. The molecule has 6 nitrogen and oxygen atoms in total. The van der Waals surface area contributed by atoms with Gasteiger partial charge < -0.3 is 10.1 Å². The minimum absolute atomic E-state index is 0.134. The number of thiophene rings is 1. The molecular formula is C10H10N2O4S. The third-order valence-electron chi connectivity index (χ3n) is 2.21. The van der Waals surface area contributed by atoms with Gasteiger partial charge in [0.2, 0.25) is 0 Å². The third-order valence-corrected chi connectivity index (χ3v) is 3.08. The van der Waals surface area contributed by atoms with Gasteiger partial charge in [0.25, 0.3) is 11.8 Å². The van der Waals surface area contributed by atoms with Gasteiger partial charge in [-0.15, -0.1) is 11.3 Å². The predicted octanol–water partition coefficient (Wildman–Crippen LogP) is 0.457. The lowest BCUT2D eigenvalue weighted by Crippen LogP contribution is -2.37. The second-order valence-electron chi connectivity index (χ2n) is 3.33. The molecule has 7 heteroatoms. The van der Waals surface area contributed by atoms with Crippen LogP contribution in [0.2, 0.25) is 0 Å². The summed E-state index contributed by atoms with van der Waals surface area (Å²) in [6.45, 7) is 0.143. The van der Waals surface area contributed by atoms with Crippen molar-refractivity contribution in [3.8, 4) is 0 Å². The first-order valence-electron chi connectivity index (χ1n) is 4.97. The fourth-order valence-corrected chi connectivity index (χ4v) is 2.01. The number of carbonyl (C=O) groups excluding carboxylic acids is 3. The van der Waals surface area contributed by atoms with E-state index in [1.807, 2.05) is 0 Å². The van der Waals surface area contributed by atoms with Crippen molar-refractivity contribution in [1.82, 2.24) is 10.2 Å². The highest BCUT2D eigenvalue weighted by Crippen LogP contribution is 2.08. The molecule has 0 aromatic carbocycles. The Kier molecular flexibility index (Phi) is 3.38. The molecule has 0 aliphatic carbocycles. The number of imide groups is 1. The zero-order valence-corrected chi connectivity index (χ0v) is 9.66. The molecule has 1 aliphatic rings. The maximum atomic E-state index is 11.5. The number of ether oxygens (including phenoxy) is 1. The summed E-state index contributed by atoms with van der Waals surface area (Å²) < 4.78 is 4.53. The van der Waals surface area contributed by atoms with Gasteiger partial charge in [-0.05, 0) is 11.4 Å². The molecule has 3 amide bonds. The number of nitrogens with zero attached hydrogens (tertiary/aromatic N) is 1. The third kappa shape index (κ3) is 2.62. The van der Waals surface area contributed by atoms with Crippen molar-refractivity contribution in [1.29, 1.82) is 0 Å². The van der Waals surface area contributed by atoms with Crippen LogP contribution in [0.25, 0.3) is 0 Å². The maximum Gasteiger partial charge on any atom is 0.417 e. The molecular weight excluding hydrogens is 244 g/mol. The topological polar surface area (TPSA) is 75.7 Å². The number of cyclic esters (lactones) is 1. The number of hydrogen-bond acceptors (Lipinski definition) is 5. The minimum Gasteiger partial charge on any atom is -0.439 e. The Bertz CT molecular complexity index is 427. The molecule has 0 spiro atoms. The van der Waals surface area contributed by atoms with E-state index in [4.69, 9.17) is 0 Å². The van der Waals surface area contributed by atoms with E-state index in [1.165, 1.54) is 11.3 Å². The lowest BCUT2D eigenvalue weighted by atomic mass is 10.4. The summed E-state index contributed by atoms with van der Waals surface area (Å²) in [6, 6.07) is 3.48. The van der Waals surface area contributed by atoms with Crippen molar-refractivity contribution in [2.45, 2.75) is 0 Å². The van der Waals surface area contributed by atoms with Gasteiger partial charge in [0.1, 0.15) is 0 Å². The number of amides is 3. The zero-order valence-electron chi connectivity index (χ0n) is 8.84. The average Bonchev–Trinajstić information content (AvgIpc) is 2.93. The van der Waals surface area contributed by atoms with E-state index in [9.17, 15) is 14.4 Å². The summed E-state index contributed by atoms with van der Waals surface area (Å²) in [5.41, 5.74) is 0. The van der Waals surface area contributed by atoms with Crippen LogP contribution in [0.15, 0.2) is 17.5 Å². The Morgan fingerprint density at radius 2 is 2.35 bits per heavy atom. The van der Waals surface area contributed by atoms with E-state index in [1.54, 1.807) is 17.5 Å². The van der Waals surface area contributed by atoms with E-state index in [0.717, 1.165) is 4.90 Å². The van der Waals surface area contributed by atoms with E-state index < -0.39 is 6.09 Å². The summed E-state index contributed by atoms with van der Waals surface area (Å²) in [6.07, 6.45) is -0.652. The summed E-state index contributed by atoms with van der Waals surface area (Å²) in [5, 5.41) is 4.42. The van der Waals surface area contributed by atoms with Gasteiger partial charge in [-0.3, -0.25) is 9.59 Å². The van der Waals surface area contributed by atoms with Crippen LogP contribution in [0.4, 0.5) is 4.79 Å². The quantitative estimate of drug-likeness (QED) is 0.846. The number of carbonyl (C=O) groups is 3. The largest absolute Gasteiger partial charge is 0.439 e. The average molecular weight is 254 g/mol. The van der Waals surface area contributed by atoms with Crippen molar-refractivity contribution >= 4 is 29.2 Å². The van der Waals surface area contributed by atoms with Gasteiger partial charge in [-0.1, -0.05) is 6.07 Å². The Hall–Kier alpha value is -1.89. The van der Waals surface area contributed by atoms with Crippen molar-refractivity contribution in [2.75, 3.05) is 19.7 Å². The molecule has 0 unspecified atom stereocenters. The molecule has 1 saturated heterocycles. The van der Waals surface area contributed by atoms with E-state index in [0.29, 0.717) is 4.88 Å². The second-order valence-corrected chi connectivity index (χ2v) is 4.28. The first-order chi connectivity index (χ1) is 8.18. The summed E-state index contributed by atoms with van der Waals surface area (Å²) in [4.78, 5) is 35.3. The van der Waals surface area contributed by atoms with Gasteiger partial charge in [0.15, 0.2) is 6.61 Å². The molecule has 1 aliphatic heterocycles.